The molecule has 10 N–H and O–H groups in total. The first-order chi connectivity index (χ1) is 21.2. The van der Waals surface area contributed by atoms with E-state index in [1.165, 1.54) is 9.80 Å². The van der Waals surface area contributed by atoms with E-state index >= 15 is 0 Å². The predicted molar refractivity (Wildman–Crippen MR) is 165 cm³/mol. The van der Waals surface area contributed by atoms with E-state index in [9.17, 15) is 45.6 Å². The Bertz CT molecular complexity index is 1080. The Hall–Kier alpha value is -2.28. The number of rotatable bonds is 19. The maximum atomic E-state index is 13.4. The van der Waals surface area contributed by atoms with Gasteiger partial charge in [0.15, 0.2) is 0 Å². The van der Waals surface area contributed by atoms with Gasteiger partial charge in [0.05, 0.1) is 38.5 Å². The van der Waals surface area contributed by atoms with Crippen LogP contribution in [0.2, 0.25) is 0 Å². The van der Waals surface area contributed by atoms with Crippen molar-refractivity contribution in [2.45, 2.75) is 82.6 Å². The summed E-state index contributed by atoms with van der Waals surface area (Å²) in [5.41, 5.74) is 2.61. The molecule has 0 fully saturated rings. The molecule has 0 saturated heterocycles. The molecule has 2 rings (SSSR count). The zero-order valence-corrected chi connectivity index (χ0v) is 26.6. The molecule has 1 aliphatic heterocycles. The van der Waals surface area contributed by atoms with Gasteiger partial charge in [0.1, 0.15) is 48.9 Å². The van der Waals surface area contributed by atoms with Crippen molar-refractivity contribution in [1.29, 1.82) is 0 Å². The van der Waals surface area contributed by atoms with Crippen molar-refractivity contribution in [3.63, 3.8) is 0 Å². The minimum atomic E-state index is -1.88. The van der Waals surface area contributed by atoms with Gasteiger partial charge in [-0.15, -0.1) is 0 Å². The quantitative estimate of drug-likeness (QED) is 0.0650. The highest BCUT2D eigenvalue weighted by Gasteiger charge is 2.34. The van der Waals surface area contributed by atoms with E-state index in [4.69, 9.17) is 10.2 Å². The van der Waals surface area contributed by atoms with Gasteiger partial charge < -0.3 is 56.0 Å². The number of aliphatic hydroxyl groups excluding tert-OH is 10. The predicted octanol–water partition coefficient (Wildman–Crippen LogP) is -3.89. The third-order valence-corrected chi connectivity index (χ3v) is 8.39. The summed E-state index contributed by atoms with van der Waals surface area (Å²) in [7, 11) is 1.64. The van der Waals surface area contributed by atoms with E-state index < -0.39 is 62.0 Å². The average Bonchev–Trinajstić information content (AvgIpc) is 3.04. The second-order valence-electron chi connectivity index (χ2n) is 11.6. The van der Waals surface area contributed by atoms with Crippen LogP contribution < -0.4 is 4.90 Å². The van der Waals surface area contributed by atoms with Crippen molar-refractivity contribution in [2.75, 3.05) is 64.4 Å². The Balaban J connectivity index is 2.13. The van der Waals surface area contributed by atoms with Crippen LogP contribution in [0.4, 0.5) is 5.69 Å². The summed E-state index contributed by atoms with van der Waals surface area (Å²) in [6, 6.07) is 5.63. The highest BCUT2D eigenvalue weighted by molar-refractivity contribution is 5.99. The molecule has 0 unspecified atom stereocenters. The fourth-order valence-corrected chi connectivity index (χ4v) is 5.47. The van der Waals surface area contributed by atoms with Gasteiger partial charge in [0.2, 0.25) is 5.84 Å². The van der Waals surface area contributed by atoms with Crippen LogP contribution in [0.15, 0.2) is 18.2 Å². The standard InChI is InChI=1S/C30H53N4O11/c1-5-33-13-20-9-8-19(12-21(20)34(6-2)18(33)3)30(45)31(4)10-7-11-32(14-22(37)26(41)28(43)24(39)16-35)15-23(38)27(42)29(44)25(40)17-36/h8-9,12,22-29,35-44H,5-7,10-11,13-17H2,1-4H3/q+1/t22-,23-,24+,25+,26+,27+,28+,29+/m0/s1. The van der Waals surface area contributed by atoms with Gasteiger partial charge in [-0.3, -0.25) is 14.3 Å². The zero-order chi connectivity index (χ0) is 34.0. The van der Waals surface area contributed by atoms with Gasteiger partial charge in [-0.1, -0.05) is 6.07 Å². The third kappa shape index (κ3) is 10.1. The summed E-state index contributed by atoms with van der Waals surface area (Å²) in [4.78, 5) is 18.5. The van der Waals surface area contributed by atoms with Crippen LogP contribution >= 0.6 is 0 Å². The van der Waals surface area contributed by atoms with Gasteiger partial charge in [0, 0.05) is 51.3 Å². The Morgan fingerprint density at radius 1 is 0.844 bits per heavy atom. The summed E-state index contributed by atoms with van der Waals surface area (Å²) in [5, 5.41) is 99.0. The van der Waals surface area contributed by atoms with Crippen molar-refractivity contribution < 1.29 is 60.4 Å². The number of benzene rings is 1. The molecule has 15 heteroatoms. The molecule has 0 bridgehead atoms. The molecule has 1 aromatic rings. The highest BCUT2D eigenvalue weighted by Crippen LogP contribution is 2.28. The Morgan fingerprint density at radius 2 is 1.36 bits per heavy atom. The first kappa shape index (κ1) is 38.9. The van der Waals surface area contributed by atoms with Crippen molar-refractivity contribution in [2.24, 2.45) is 0 Å². The molecular formula is C30H53N4O11+. The molecule has 0 radical (unpaired) electrons. The van der Waals surface area contributed by atoms with Crippen molar-refractivity contribution >= 4 is 17.4 Å². The number of fused-ring (bicyclic) bond motifs is 1. The van der Waals surface area contributed by atoms with Gasteiger partial charge in [-0.25, -0.2) is 4.90 Å². The van der Waals surface area contributed by atoms with E-state index in [-0.39, 0.29) is 32.1 Å². The van der Waals surface area contributed by atoms with Gasteiger partial charge >= 0.3 is 0 Å². The Kier molecular flexibility index (Phi) is 15.7. The molecule has 0 aliphatic carbocycles. The SMILES string of the molecule is CCN1C(C)=[N+](CC)Cc2ccc(C(=O)N(C)CCCN(C[C@H](O)[C@@H](O)[C@H](O)[C@H](O)CO)C[C@H](O)[C@@H](O)[C@H](O)[C@H](O)CO)cc21. The van der Waals surface area contributed by atoms with Crippen LogP contribution in [0.5, 0.6) is 0 Å². The molecule has 0 aromatic heterocycles. The number of aliphatic hydroxyl groups is 10. The van der Waals surface area contributed by atoms with Crippen LogP contribution in [0, 0.1) is 0 Å². The second kappa shape index (κ2) is 18.2. The third-order valence-electron chi connectivity index (χ3n) is 8.39. The number of carbonyl (C=O) groups excluding carboxylic acids is 1. The summed E-state index contributed by atoms with van der Waals surface area (Å²) < 4.78 is 2.27. The van der Waals surface area contributed by atoms with Crippen molar-refractivity contribution in [3.05, 3.63) is 29.3 Å². The van der Waals surface area contributed by atoms with E-state index in [2.05, 4.69) is 30.2 Å². The van der Waals surface area contributed by atoms with E-state index in [1.54, 1.807) is 13.1 Å². The lowest BCUT2D eigenvalue weighted by Crippen LogP contribution is -2.53. The van der Waals surface area contributed by atoms with Crippen molar-refractivity contribution in [3.8, 4) is 0 Å². The topological polar surface area (TPSA) is 232 Å². The van der Waals surface area contributed by atoms with Gasteiger partial charge in [-0.2, -0.15) is 0 Å². The molecule has 0 saturated carbocycles. The number of nitrogens with zero attached hydrogens (tertiary/aromatic N) is 4. The van der Waals surface area contributed by atoms with Crippen LogP contribution in [-0.4, -0.2) is 186 Å². The van der Waals surface area contributed by atoms with E-state index in [0.29, 0.717) is 12.0 Å². The molecule has 258 valence electrons. The maximum absolute atomic E-state index is 13.4. The number of amides is 1. The lowest BCUT2D eigenvalue weighted by Gasteiger charge is -2.33. The first-order valence-corrected chi connectivity index (χ1v) is 15.3. The molecule has 0 spiro atoms. The summed E-state index contributed by atoms with van der Waals surface area (Å²) in [5.74, 6) is 0.894. The normalized spacial score (nSPS) is 19.0. The largest absolute Gasteiger partial charge is 0.394 e. The first-order valence-electron chi connectivity index (χ1n) is 15.3. The zero-order valence-electron chi connectivity index (χ0n) is 26.6. The number of amidine groups is 1. The summed E-state index contributed by atoms with van der Waals surface area (Å²) >= 11 is 0. The molecule has 45 heavy (non-hydrogen) atoms. The average molecular weight is 646 g/mol. The molecule has 1 heterocycles. The van der Waals surface area contributed by atoms with Gasteiger partial charge in [0.25, 0.3) is 5.91 Å². The molecule has 1 aliphatic rings. The summed E-state index contributed by atoms with van der Waals surface area (Å²) in [6.07, 6.45) is -14.0. The fraction of sp³-hybridized carbons (Fsp3) is 0.733. The van der Waals surface area contributed by atoms with Crippen molar-refractivity contribution in [1.82, 2.24) is 9.80 Å². The molecule has 15 nitrogen and oxygen atoms in total. The van der Waals surface area contributed by atoms with E-state index in [1.807, 2.05) is 12.1 Å². The second-order valence-corrected chi connectivity index (χ2v) is 11.6. The number of anilines is 1. The molecule has 8 atom stereocenters. The van der Waals surface area contributed by atoms with Crippen LogP contribution in [0.3, 0.4) is 0 Å². The highest BCUT2D eigenvalue weighted by atomic mass is 16.4. The van der Waals surface area contributed by atoms with Gasteiger partial charge in [-0.05, 0) is 32.4 Å². The molecule has 1 aromatic carbocycles. The molecule has 1 amide bonds. The Labute approximate surface area is 264 Å². The monoisotopic (exact) mass is 645 g/mol. The minimum Gasteiger partial charge on any atom is -0.394 e. The number of hydrogen-bond acceptors (Lipinski definition) is 13. The summed E-state index contributed by atoms with van der Waals surface area (Å²) in [6.45, 7) is 6.44. The van der Waals surface area contributed by atoms with Crippen LogP contribution in [-0.2, 0) is 6.54 Å². The van der Waals surface area contributed by atoms with Crippen LogP contribution in [0.25, 0.3) is 0 Å². The minimum absolute atomic E-state index is 0.108. The Morgan fingerprint density at radius 3 is 1.82 bits per heavy atom. The lowest BCUT2D eigenvalue weighted by molar-refractivity contribution is -0.543. The lowest BCUT2D eigenvalue weighted by atomic mass is 10.0. The van der Waals surface area contributed by atoms with E-state index in [0.717, 1.165) is 36.7 Å². The number of carbonyl (C=O) groups is 1. The maximum Gasteiger partial charge on any atom is 0.253 e. The number of hydrogen-bond donors (Lipinski definition) is 10. The smallest absolute Gasteiger partial charge is 0.253 e. The van der Waals surface area contributed by atoms with Crippen LogP contribution in [0.1, 0.15) is 43.1 Å². The fourth-order valence-electron chi connectivity index (χ4n) is 5.47. The molecular weight excluding hydrogens is 592 g/mol.